The van der Waals surface area contributed by atoms with Crippen molar-refractivity contribution in [2.75, 3.05) is 6.54 Å². The van der Waals surface area contributed by atoms with E-state index in [1.165, 1.54) is 30.3 Å². The quantitative estimate of drug-likeness (QED) is 0.863. The number of benzene rings is 2. The molecule has 0 radical (unpaired) electrons. The van der Waals surface area contributed by atoms with Crippen LogP contribution in [0.25, 0.3) is 0 Å². The SMILES string of the molecule is Cc1ccc(S(=O)(=O)c2ccccc2)cc1S(=O)(=O)NCC(C)(C)C. The van der Waals surface area contributed by atoms with Gasteiger partial charge in [0.25, 0.3) is 0 Å². The summed E-state index contributed by atoms with van der Waals surface area (Å²) >= 11 is 0. The minimum atomic E-state index is -3.80. The van der Waals surface area contributed by atoms with Gasteiger partial charge in [0.1, 0.15) is 0 Å². The van der Waals surface area contributed by atoms with E-state index in [1.54, 1.807) is 25.1 Å². The minimum absolute atomic E-state index is 0.0197. The average molecular weight is 382 g/mol. The van der Waals surface area contributed by atoms with Crippen LogP contribution in [0.15, 0.2) is 63.2 Å². The molecule has 2 aromatic carbocycles. The van der Waals surface area contributed by atoms with Crippen LogP contribution in [0.2, 0.25) is 0 Å². The van der Waals surface area contributed by atoms with Gasteiger partial charge >= 0.3 is 0 Å². The Labute approximate surface area is 150 Å². The smallest absolute Gasteiger partial charge is 0.219 e. The number of hydrogen-bond acceptors (Lipinski definition) is 4. The largest absolute Gasteiger partial charge is 0.240 e. The third-order valence-corrected chi connectivity index (χ3v) is 6.92. The van der Waals surface area contributed by atoms with Crippen molar-refractivity contribution in [3.05, 3.63) is 54.1 Å². The molecule has 0 aliphatic rings. The summed E-state index contributed by atoms with van der Waals surface area (Å²) in [5.41, 5.74) is 0.266. The fourth-order valence-electron chi connectivity index (χ4n) is 2.16. The summed E-state index contributed by atoms with van der Waals surface area (Å²) in [6.07, 6.45) is 0. The second kappa shape index (κ2) is 6.90. The van der Waals surface area contributed by atoms with Crippen molar-refractivity contribution in [1.82, 2.24) is 4.72 Å². The van der Waals surface area contributed by atoms with Crippen LogP contribution in [0.1, 0.15) is 26.3 Å². The van der Waals surface area contributed by atoms with Crippen LogP contribution in [-0.4, -0.2) is 23.4 Å². The minimum Gasteiger partial charge on any atom is -0.219 e. The highest BCUT2D eigenvalue weighted by Crippen LogP contribution is 2.25. The van der Waals surface area contributed by atoms with Gasteiger partial charge in [-0.2, -0.15) is 0 Å². The predicted octanol–water partition coefficient (Wildman–Crippen LogP) is 3.15. The van der Waals surface area contributed by atoms with Crippen molar-refractivity contribution in [1.29, 1.82) is 0 Å². The van der Waals surface area contributed by atoms with Gasteiger partial charge in [-0.25, -0.2) is 21.6 Å². The van der Waals surface area contributed by atoms with Gasteiger partial charge in [0.2, 0.25) is 19.9 Å². The van der Waals surface area contributed by atoms with E-state index in [4.69, 9.17) is 0 Å². The topological polar surface area (TPSA) is 80.3 Å². The van der Waals surface area contributed by atoms with Gasteiger partial charge in [-0.15, -0.1) is 0 Å². The second-order valence-corrected chi connectivity index (χ2v) is 10.8. The molecule has 0 heterocycles. The van der Waals surface area contributed by atoms with Gasteiger partial charge in [-0.05, 0) is 42.2 Å². The molecule has 2 rings (SSSR count). The molecule has 0 amide bonds. The predicted molar refractivity (Wildman–Crippen MR) is 97.7 cm³/mol. The first-order chi connectivity index (χ1) is 11.4. The molecular formula is C18H23NO4S2. The molecule has 0 fully saturated rings. The van der Waals surface area contributed by atoms with Crippen molar-refractivity contribution in [3.63, 3.8) is 0 Å². The standard InChI is InChI=1S/C18H23NO4S2/c1-14-10-11-16(24(20,21)15-8-6-5-7-9-15)12-17(14)25(22,23)19-13-18(2,3)4/h5-12,19H,13H2,1-4H3. The Balaban J connectivity index is 2.48. The third kappa shape index (κ3) is 4.68. The maximum Gasteiger partial charge on any atom is 0.240 e. The highest BCUT2D eigenvalue weighted by atomic mass is 32.2. The Morgan fingerprint density at radius 1 is 0.880 bits per heavy atom. The van der Waals surface area contributed by atoms with Crippen molar-refractivity contribution < 1.29 is 16.8 Å². The lowest BCUT2D eigenvalue weighted by atomic mass is 9.98. The lowest BCUT2D eigenvalue weighted by Crippen LogP contribution is -2.32. The summed E-state index contributed by atoms with van der Waals surface area (Å²) in [7, 11) is -7.58. The molecular weight excluding hydrogens is 358 g/mol. The molecule has 0 spiro atoms. The van der Waals surface area contributed by atoms with Crippen LogP contribution in [0.5, 0.6) is 0 Å². The summed E-state index contributed by atoms with van der Waals surface area (Å²) in [6, 6.07) is 12.1. The first-order valence-electron chi connectivity index (χ1n) is 7.84. The zero-order chi connectivity index (χ0) is 18.9. The molecule has 0 aromatic heterocycles. The number of rotatable bonds is 5. The fraction of sp³-hybridized carbons (Fsp3) is 0.333. The van der Waals surface area contributed by atoms with Crippen molar-refractivity contribution >= 4 is 19.9 Å². The summed E-state index contributed by atoms with van der Waals surface area (Å²) in [4.78, 5) is 0.0686. The molecule has 0 saturated heterocycles. The van der Waals surface area contributed by atoms with Crippen molar-refractivity contribution in [3.8, 4) is 0 Å². The molecule has 0 atom stereocenters. The molecule has 5 nitrogen and oxygen atoms in total. The molecule has 7 heteroatoms. The van der Waals surface area contributed by atoms with Gasteiger partial charge in [0.05, 0.1) is 14.7 Å². The third-order valence-electron chi connectivity index (χ3n) is 3.61. The molecule has 25 heavy (non-hydrogen) atoms. The van der Waals surface area contributed by atoms with Crippen LogP contribution < -0.4 is 4.72 Å². The first-order valence-corrected chi connectivity index (χ1v) is 10.8. The van der Waals surface area contributed by atoms with E-state index in [2.05, 4.69) is 4.72 Å². The molecule has 0 aliphatic heterocycles. The zero-order valence-corrected chi connectivity index (χ0v) is 16.4. The molecule has 0 unspecified atom stereocenters. The van der Waals surface area contributed by atoms with E-state index < -0.39 is 19.9 Å². The summed E-state index contributed by atoms with van der Waals surface area (Å²) in [5.74, 6) is 0. The number of sulfonamides is 1. The normalized spacial score (nSPS) is 13.0. The van der Waals surface area contributed by atoms with Gasteiger partial charge in [-0.3, -0.25) is 0 Å². The van der Waals surface area contributed by atoms with Crippen molar-refractivity contribution in [2.24, 2.45) is 5.41 Å². The van der Waals surface area contributed by atoms with Crippen LogP contribution >= 0.6 is 0 Å². The second-order valence-electron chi connectivity index (χ2n) is 7.13. The van der Waals surface area contributed by atoms with Crippen molar-refractivity contribution in [2.45, 2.75) is 42.4 Å². The molecule has 136 valence electrons. The lowest BCUT2D eigenvalue weighted by Gasteiger charge is -2.19. The molecule has 2 aromatic rings. The van der Waals surface area contributed by atoms with E-state index in [0.29, 0.717) is 5.56 Å². The highest BCUT2D eigenvalue weighted by Gasteiger charge is 2.24. The molecule has 1 N–H and O–H groups in total. The summed E-state index contributed by atoms with van der Waals surface area (Å²) in [5, 5.41) is 0. The molecule has 0 bridgehead atoms. The monoisotopic (exact) mass is 381 g/mol. The number of sulfone groups is 1. The molecule has 0 saturated carbocycles. The average Bonchev–Trinajstić information content (AvgIpc) is 2.53. The van der Waals surface area contributed by atoms with E-state index in [0.717, 1.165) is 0 Å². The van der Waals surface area contributed by atoms with E-state index in [1.807, 2.05) is 20.8 Å². The Morgan fingerprint density at radius 3 is 2.04 bits per heavy atom. The maximum absolute atomic E-state index is 12.7. The van der Waals surface area contributed by atoms with Gasteiger partial charge < -0.3 is 0 Å². The van der Waals surface area contributed by atoms with Gasteiger partial charge in [-0.1, -0.05) is 45.0 Å². The van der Waals surface area contributed by atoms with Gasteiger partial charge in [0.15, 0.2) is 0 Å². The number of hydrogen-bond donors (Lipinski definition) is 1. The zero-order valence-electron chi connectivity index (χ0n) is 14.8. The Bertz CT molecular complexity index is 958. The highest BCUT2D eigenvalue weighted by molar-refractivity contribution is 7.91. The van der Waals surface area contributed by atoms with Gasteiger partial charge in [0, 0.05) is 6.54 Å². The number of aryl methyl sites for hydroxylation is 1. The van der Waals surface area contributed by atoms with E-state index >= 15 is 0 Å². The maximum atomic E-state index is 12.7. The van der Waals surface area contributed by atoms with Crippen LogP contribution in [0.3, 0.4) is 0 Å². The Hall–Kier alpha value is -1.70. The molecule has 0 aliphatic carbocycles. The summed E-state index contributed by atoms with van der Waals surface area (Å²) in [6.45, 7) is 7.64. The van der Waals surface area contributed by atoms with Crippen LogP contribution in [-0.2, 0) is 19.9 Å². The van der Waals surface area contributed by atoms with E-state index in [-0.39, 0.29) is 26.6 Å². The lowest BCUT2D eigenvalue weighted by molar-refractivity contribution is 0.407. The number of nitrogens with one attached hydrogen (secondary N) is 1. The summed E-state index contributed by atoms with van der Waals surface area (Å²) < 4.78 is 53.2. The fourth-order valence-corrected chi connectivity index (χ4v) is 5.10. The van der Waals surface area contributed by atoms with Crippen LogP contribution in [0, 0.1) is 12.3 Å². The first kappa shape index (κ1) is 19.6. The van der Waals surface area contributed by atoms with E-state index in [9.17, 15) is 16.8 Å². The Kier molecular flexibility index (Phi) is 5.41. The van der Waals surface area contributed by atoms with Crippen LogP contribution in [0.4, 0.5) is 0 Å². The Morgan fingerprint density at radius 2 is 1.48 bits per heavy atom.